The van der Waals surface area contributed by atoms with E-state index in [0.29, 0.717) is 18.6 Å². The summed E-state index contributed by atoms with van der Waals surface area (Å²) in [6, 6.07) is 0.270. The highest BCUT2D eigenvalue weighted by atomic mass is 19.1. The van der Waals surface area contributed by atoms with E-state index in [4.69, 9.17) is 10.8 Å². The molecule has 4 N–H and O–H groups in total. The molecule has 5 nitrogen and oxygen atoms in total. The lowest BCUT2D eigenvalue weighted by atomic mass is 10.1. The standard InChI is InChI=1S/C11H12F2N2O3/c1-2-8(14)10(16)15-9-3-5(11(17)18)6(12)4-7(9)13/h3-4,8H,2,14H2,1H3,(H,15,16)(H,17,18)/t8-/m0/s1. The fourth-order valence-electron chi connectivity index (χ4n) is 1.22. The number of aromatic carboxylic acids is 1. The summed E-state index contributed by atoms with van der Waals surface area (Å²) in [7, 11) is 0. The molecule has 0 spiro atoms. The van der Waals surface area contributed by atoms with Crippen LogP contribution in [0.3, 0.4) is 0 Å². The molecule has 0 heterocycles. The third-order valence-electron chi connectivity index (χ3n) is 2.32. The number of carbonyl (C=O) groups excluding carboxylic acids is 1. The first-order valence-corrected chi connectivity index (χ1v) is 5.15. The van der Waals surface area contributed by atoms with Gasteiger partial charge in [-0.05, 0) is 12.5 Å². The number of nitrogens with one attached hydrogen (secondary N) is 1. The predicted molar refractivity (Wildman–Crippen MR) is 60.2 cm³/mol. The Kier molecular flexibility index (Phi) is 4.33. The average Bonchev–Trinajstić information content (AvgIpc) is 2.30. The van der Waals surface area contributed by atoms with Crippen LogP contribution in [0, 0.1) is 11.6 Å². The Balaban J connectivity index is 3.06. The van der Waals surface area contributed by atoms with Crippen molar-refractivity contribution >= 4 is 17.6 Å². The van der Waals surface area contributed by atoms with E-state index in [2.05, 4.69) is 5.32 Å². The van der Waals surface area contributed by atoms with Crippen molar-refractivity contribution in [3.63, 3.8) is 0 Å². The topological polar surface area (TPSA) is 92.4 Å². The maximum absolute atomic E-state index is 13.3. The molecule has 0 aliphatic rings. The van der Waals surface area contributed by atoms with Crippen LogP contribution in [-0.4, -0.2) is 23.0 Å². The number of benzene rings is 1. The fourth-order valence-corrected chi connectivity index (χ4v) is 1.22. The zero-order valence-electron chi connectivity index (χ0n) is 9.54. The molecule has 1 amide bonds. The number of carbonyl (C=O) groups is 2. The van der Waals surface area contributed by atoms with E-state index in [1.807, 2.05) is 0 Å². The number of hydrogen-bond donors (Lipinski definition) is 3. The van der Waals surface area contributed by atoms with Crippen LogP contribution in [0.15, 0.2) is 12.1 Å². The van der Waals surface area contributed by atoms with Gasteiger partial charge in [0, 0.05) is 6.07 Å². The summed E-state index contributed by atoms with van der Waals surface area (Å²) in [5.74, 6) is -4.49. The van der Waals surface area contributed by atoms with Crippen LogP contribution in [0.25, 0.3) is 0 Å². The number of carboxylic acid groups (broad SMARTS) is 1. The second kappa shape index (κ2) is 5.54. The van der Waals surface area contributed by atoms with E-state index in [1.165, 1.54) is 0 Å². The number of amides is 1. The van der Waals surface area contributed by atoms with Gasteiger partial charge in [-0.1, -0.05) is 6.92 Å². The summed E-state index contributed by atoms with van der Waals surface area (Å²) >= 11 is 0. The molecular formula is C11H12F2N2O3. The number of hydrogen-bond acceptors (Lipinski definition) is 3. The number of rotatable bonds is 4. The molecule has 7 heteroatoms. The molecule has 1 aromatic carbocycles. The van der Waals surface area contributed by atoms with E-state index in [-0.39, 0.29) is 0 Å². The largest absolute Gasteiger partial charge is 0.478 e. The number of carboxylic acids is 1. The first-order valence-electron chi connectivity index (χ1n) is 5.15. The first-order chi connectivity index (χ1) is 8.36. The summed E-state index contributed by atoms with van der Waals surface area (Å²) in [5, 5.41) is 10.8. The molecule has 0 saturated carbocycles. The maximum atomic E-state index is 13.3. The van der Waals surface area contributed by atoms with Crippen LogP contribution >= 0.6 is 0 Å². The Bertz CT molecular complexity index is 491. The molecule has 0 aliphatic heterocycles. The van der Waals surface area contributed by atoms with Crippen molar-refractivity contribution in [1.29, 1.82) is 0 Å². The SMILES string of the molecule is CC[C@H](N)C(=O)Nc1cc(C(=O)O)c(F)cc1F. The molecule has 0 aliphatic carbocycles. The molecule has 0 aromatic heterocycles. The van der Waals surface area contributed by atoms with Crippen molar-refractivity contribution in [3.05, 3.63) is 29.3 Å². The van der Waals surface area contributed by atoms with Gasteiger partial charge in [-0.15, -0.1) is 0 Å². The van der Waals surface area contributed by atoms with Gasteiger partial charge in [-0.2, -0.15) is 0 Å². The van der Waals surface area contributed by atoms with Crippen LogP contribution in [0.4, 0.5) is 14.5 Å². The molecule has 98 valence electrons. The smallest absolute Gasteiger partial charge is 0.338 e. The van der Waals surface area contributed by atoms with Gasteiger partial charge in [-0.3, -0.25) is 4.79 Å². The predicted octanol–water partition coefficient (Wildman–Crippen LogP) is 1.34. The third kappa shape index (κ3) is 3.01. The molecular weight excluding hydrogens is 246 g/mol. The molecule has 0 radical (unpaired) electrons. The molecule has 1 atom stereocenters. The van der Waals surface area contributed by atoms with Crippen molar-refractivity contribution in [2.24, 2.45) is 5.73 Å². The second-order valence-corrected chi connectivity index (χ2v) is 3.62. The number of nitrogens with two attached hydrogens (primary N) is 1. The van der Waals surface area contributed by atoms with Crippen LogP contribution in [0.2, 0.25) is 0 Å². The van der Waals surface area contributed by atoms with E-state index in [9.17, 15) is 18.4 Å². The Labute approximate surface area is 102 Å². The van der Waals surface area contributed by atoms with E-state index >= 15 is 0 Å². The Hall–Kier alpha value is -2.02. The average molecular weight is 258 g/mol. The molecule has 0 bridgehead atoms. The van der Waals surface area contributed by atoms with Gasteiger partial charge in [0.2, 0.25) is 5.91 Å². The monoisotopic (exact) mass is 258 g/mol. The molecule has 1 aromatic rings. The normalized spacial score (nSPS) is 12.0. The number of halogens is 2. The summed E-state index contributed by atoms with van der Waals surface area (Å²) < 4.78 is 26.4. The molecule has 0 unspecified atom stereocenters. The minimum absolute atomic E-state index is 0.334. The van der Waals surface area contributed by atoms with Crippen molar-refractivity contribution in [2.45, 2.75) is 19.4 Å². The first kappa shape index (κ1) is 14.0. The van der Waals surface area contributed by atoms with E-state index in [0.717, 1.165) is 0 Å². The lowest BCUT2D eigenvalue weighted by Crippen LogP contribution is -2.35. The zero-order chi connectivity index (χ0) is 13.9. The summed E-state index contributed by atoms with van der Waals surface area (Å²) in [4.78, 5) is 22.1. The molecule has 0 fully saturated rings. The maximum Gasteiger partial charge on any atom is 0.338 e. The van der Waals surface area contributed by atoms with Crippen LogP contribution in [0.1, 0.15) is 23.7 Å². The zero-order valence-corrected chi connectivity index (χ0v) is 9.54. The van der Waals surface area contributed by atoms with Crippen LogP contribution in [0.5, 0.6) is 0 Å². The van der Waals surface area contributed by atoms with E-state index < -0.39 is 40.8 Å². The van der Waals surface area contributed by atoms with Gasteiger partial charge in [-0.25, -0.2) is 13.6 Å². The fraction of sp³-hybridized carbons (Fsp3) is 0.273. The van der Waals surface area contributed by atoms with Crippen molar-refractivity contribution in [3.8, 4) is 0 Å². The lowest BCUT2D eigenvalue weighted by molar-refractivity contribution is -0.117. The highest BCUT2D eigenvalue weighted by Gasteiger charge is 2.18. The van der Waals surface area contributed by atoms with Crippen molar-refractivity contribution in [2.75, 3.05) is 5.32 Å². The Morgan fingerprint density at radius 3 is 2.50 bits per heavy atom. The molecule has 1 rings (SSSR count). The van der Waals surface area contributed by atoms with Gasteiger partial charge >= 0.3 is 5.97 Å². The third-order valence-corrected chi connectivity index (χ3v) is 2.32. The van der Waals surface area contributed by atoms with Crippen LogP contribution in [-0.2, 0) is 4.79 Å². The van der Waals surface area contributed by atoms with Gasteiger partial charge < -0.3 is 16.2 Å². The minimum Gasteiger partial charge on any atom is -0.478 e. The quantitative estimate of drug-likeness (QED) is 0.759. The summed E-state index contributed by atoms with van der Waals surface area (Å²) in [6.45, 7) is 1.66. The Morgan fingerprint density at radius 1 is 1.39 bits per heavy atom. The van der Waals surface area contributed by atoms with Gasteiger partial charge in [0.1, 0.15) is 11.6 Å². The highest BCUT2D eigenvalue weighted by Crippen LogP contribution is 2.19. The van der Waals surface area contributed by atoms with Gasteiger partial charge in [0.15, 0.2) is 0 Å². The van der Waals surface area contributed by atoms with Gasteiger partial charge in [0.25, 0.3) is 0 Å². The lowest BCUT2D eigenvalue weighted by Gasteiger charge is -2.11. The van der Waals surface area contributed by atoms with E-state index in [1.54, 1.807) is 6.92 Å². The van der Waals surface area contributed by atoms with Crippen molar-refractivity contribution < 1.29 is 23.5 Å². The van der Waals surface area contributed by atoms with Gasteiger partial charge in [0.05, 0.1) is 17.3 Å². The summed E-state index contributed by atoms with van der Waals surface area (Å²) in [6.07, 6.45) is 0.334. The summed E-state index contributed by atoms with van der Waals surface area (Å²) in [5.41, 5.74) is 4.28. The van der Waals surface area contributed by atoms with Crippen molar-refractivity contribution in [1.82, 2.24) is 0 Å². The Morgan fingerprint density at radius 2 is 2.00 bits per heavy atom. The number of anilines is 1. The highest BCUT2D eigenvalue weighted by molar-refractivity contribution is 5.96. The minimum atomic E-state index is -1.55. The van der Waals surface area contributed by atoms with Crippen LogP contribution < -0.4 is 11.1 Å². The second-order valence-electron chi connectivity index (χ2n) is 3.62. The molecule has 18 heavy (non-hydrogen) atoms. The molecule has 0 saturated heterocycles.